The van der Waals surface area contributed by atoms with E-state index in [4.69, 9.17) is 4.79 Å². The molecule has 1 N–H and O–H groups in total. The minimum Gasteiger partial charge on any atom is -0.312 e. The van der Waals surface area contributed by atoms with Crippen LogP contribution in [0.3, 0.4) is 0 Å². The minimum absolute atomic E-state index is 0.750. The van der Waals surface area contributed by atoms with Crippen LogP contribution in [0.2, 0.25) is 0 Å². The second-order valence-electron chi connectivity index (χ2n) is 2.62. The Kier molecular flexibility index (Phi) is 6.83. The van der Waals surface area contributed by atoms with Crippen LogP contribution in [0.5, 0.6) is 0 Å². The van der Waals surface area contributed by atoms with Gasteiger partial charge in [-0.2, -0.15) is 0 Å². The Labute approximate surface area is 80.0 Å². The lowest BCUT2D eigenvalue weighted by molar-refractivity contribution is -0.106. The minimum atomic E-state index is 0.750. The van der Waals surface area contributed by atoms with E-state index in [9.17, 15) is 0 Å². The molecule has 0 unspecified atom stereocenters. The van der Waals surface area contributed by atoms with Gasteiger partial charge < -0.3 is 10.1 Å². The molecular formula is C11H17NO. The highest BCUT2D eigenvalue weighted by molar-refractivity contribution is 5.44. The molecule has 0 atom stereocenters. The lowest BCUT2D eigenvalue weighted by atomic mass is 10.0. The van der Waals surface area contributed by atoms with Crippen LogP contribution in [0.15, 0.2) is 36.5 Å². The Morgan fingerprint density at radius 3 is 2.23 bits per heavy atom. The fourth-order valence-electron chi connectivity index (χ4n) is 1.16. The van der Waals surface area contributed by atoms with E-state index in [0.29, 0.717) is 0 Å². The zero-order chi connectivity index (χ0) is 10.1. The SMILES string of the molecule is C=CC1=C(C=C)CNCC1.CC=O. The van der Waals surface area contributed by atoms with E-state index in [1.165, 1.54) is 18.1 Å². The molecule has 1 aliphatic rings. The summed E-state index contributed by atoms with van der Waals surface area (Å²) in [5, 5.41) is 3.27. The molecule has 0 amide bonds. The molecule has 0 aromatic rings. The first-order chi connectivity index (χ1) is 6.29. The van der Waals surface area contributed by atoms with Gasteiger partial charge in [-0.15, -0.1) is 0 Å². The number of hydrogen-bond donors (Lipinski definition) is 1. The Morgan fingerprint density at radius 2 is 1.85 bits per heavy atom. The number of aldehydes is 1. The molecule has 1 heterocycles. The molecule has 0 radical (unpaired) electrons. The highest BCUT2D eigenvalue weighted by atomic mass is 16.1. The smallest absolute Gasteiger partial charge is 0.116 e. The molecule has 0 saturated carbocycles. The molecule has 0 aliphatic carbocycles. The van der Waals surface area contributed by atoms with E-state index in [2.05, 4.69) is 18.5 Å². The second kappa shape index (κ2) is 7.50. The molecule has 0 aromatic carbocycles. The molecule has 0 fully saturated rings. The second-order valence-corrected chi connectivity index (χ2v) is 2.62. The van der Waals surface area contributed by atoms with E-state index >= 15 is 0 Å². The molecule has 1 aliphatic heterocycles. The predicted molar refractivity (Wildman–Crippen MR) is 56.6 cm³/mol. The van der Waals surface area contributed by atoms with Crippen LogP contribution in [-0.2, 0) is 4.79 Å². The number of hydrogen-bond acceptors (Lipinski definition) is 2. The zero-order valence-electron chi connectivity index (χ0n) is 8.18. The van der Waals surface area contributed by atoms with Crippen molar-refractivity contribution in [1.82, 2.24) is 5.32 Å². The molecular weight excluding hydrogens is 162 g/mol. The molecule has 0 bridgehead atoms. The molecule has 0 saturated heterocycles. The van der Waals surface area contributed by atoms with Gasteiger partial charge in [0.15, 0.2) is 0 Å². The molecule has 72 valence electrons. The summed E-state index contributed by atoms with van der Waals surface area (Å²) in [6.07, 6.45) is 5.67. The average molecular weight is 179 g/mol. The number of carbonyl (C=O) groups is 1. The summed E-state index contributed by atoms with van der Waals surface area (Å²) in [4.78, 5) is 8.81. The Balaban J connectivity index is 0.000000424. The average Bonchev–Trinajstić information content (AvgIpc) is 2.19. The van der Waals surface area contributed by atoms with Crippen molar-refractivity contribution in [3.05, 3.63) is 36.5 Å². The van der Waals surface area contributed by atoms with Crippen LogP contribution >= 0.6 is 0 Å². The first-order valence-corrected chi connectivity index (χ1v) is 4.37. The van der Waals surface area contributed by atoms with Gasteiger partial charge in [0.2, 0.25) is 0 Å². The molecule has 13 heavy (non-hydrogen) atoms. The van der Waals surface area contributed by atoms with E-state index in [1.54, 1.807) is 0 Å². The van der Waals surface area contributed by atoms with Crippen molar-refractivity contribution in [3.63, 3.8) is 0 Å². The number of carbonyl (C=O) groups excluding carboxylic acids is 1. The number of rotatable bonds is 2. The summed E-state index contributed by atoms with van der Waals surface area (Å²) in [5.74, 6) is 0. The monoisotopic (exact) mass is 179 g/mol. The Morgan fingerprint density at radius 1 is 1.31 bits per heavy atom. The first-order valence-electron chi connectivity index (χ1n) is 4.37. The fraction of sp³-hybridized carbons (Fsp3) is 0.364. The predicted octanol–water partition coefficient (Wildman–Crippen LogP) is 1.85. The summed E-state index contributed by atoms with van der Waals surface area (Å²) in [6, 6.07) is 0. The van der Waals surface area contributed by atoms with Gasteiger partial charge in [-0.25, -0.2) is 0 Å². The maximum Gasteiger partial charge on any atom is 0.116 e. The third kappa shape index (κ3) is 4.43. The van der Waals surface area contributed by atoms with E-state index in [-0.39, 0.29) is 0 Å². The van der Waals surface area contributed by atoms with Crippen LogP contribution in [0.1, 0.15) is 13.3 Å². The topological polar surface area (TPSA) is 29.1 Å². The lowest BCUT2D eigenvalue weighted by Gasteiger charge is -2.15. The third-order valence-electron chi connectivity index (χ3n) is 1.79. The maximum atomic E-state index is 8.81. The van der Waals surface area contributed by atoms with E-state index < -0.39 is 0 Å². The van der Waals surface area contributed by atoms with Crippen molar-refractivity contribution in [2.24, 2.45) is 0 Å². The van der Waals surface area contributed by atoms with Crippen molar-refractivity contribution < 1.29 is 4.79 Å². The van der Waals surface area contributed by atoms with Crippen molar-refractivity contribution >= 4 is 6.29 Å². The van der Waals surface area contributed by atoms with Crippen LogP contribution in [0.25, 0.3) is 0 Å². The Bertz CT molecular complexity index is 196. The van der Waals surface area contributed by atoms with E-state index in [1.807, 2.05) is 12.2 Å². The van der Waals surface area contributed by atoms with Gasteiger partial charge in [-0.1, -0.05) is 25.3 Å². The van der Waals surface area contributed by atoms with Crippen molar-refractivity contribution in [2.45, 2.75) is 13.3 Å². The summed E-state index contributed by atoms with van der Waals surface area (Å²) in [5.41, 5.74) is 2.63. The summed E-state index contributed by atoms with van der Waals surface area (Å²) in [6.45, 7) is 10.9. The van der Waals surface area contributed by atoms with Crippen molar-refractivity contribution in [2.75, 3.05) is 13.1 Å². The van der Waals surface area contributed by atoms with E-state index in [0.717, 1.165) is 25.8 Å². The first kappa shape index (κ1) is 11.8. The van der Waals surface area contributed by atoms with Gasteiger partial charge in [-0.05, 0) is 31.0 Å². The lowest BCUT2D eigenvalue weighted by Crippen LogP contribution is -2.23. The molecule has 0 aromatic heterocycles. The van der Waals surface area contributed by atoms with Gasteiger partial charge in [0.05, 0.1) is 0 Å². The molecule has 2 heteroatoms. The molecule has 0 spiro atoms. The zero-order valence-corrected chi connectivity index (χ0v) is 8.18. The summed E-state index contributed by atoms with van der Waals surface area (Å²) >= 11 is 0. The van der Waals surface area contributed by atoms with Crippen molar-refractivity contribution in [1.29, 1.82) is 0 Å². The number of allylic oxidation sites excluding steroid dienone is 1. The Hall–Kier alpha value is -1.15. The summed E-state index contributed by atoms with van der Waals surface area (Å²) in [7, 11) is 0. The molecule has 1 rings (SSSR count). The van der Waals surface area contributed by atoms with Crippen LogP contribution < -0.4 is 5.32 Å². The normalized spacial score (nSPS) is 15.5. The van der Waals surface area contributed by atoms with Gasteiger partial charge in [0, 0.05) is 6.54 Å². The van der Waals surface area contributed by atoms with Crippen molar-refractivity contribution in [3.8, 4) is 0 Å². The maximum absolute atomic E-state index is 8.81. The fourth-order valence-corrected chi connectivity index (χ4v) is 1.16. The van der Waals surface area contributed by atoms with Crippen LogP contribution in [0, 0.1) is 0 Å². The number of nitrogens with one attached hydrogen (secondary N) is 1. The van der Waals surface area contributed by atoms with Gasteiger partial charge in [-0.3, -0.25) is 0 Å². The molecule has 2 nitrogen and oxygen atoms in total. The van der Waals surface area contributed by atoms with Gasteiger partial charge in [0.1, 0.15) is 6.29 Å². The van der Waals surface area contributed by atoms with Crippen LogP contribution in [0.4, 0.5) is 0 Å². The largest absolute Gasteiger partial charge is 0.312 e. The highest BCUT2D eigenvalue weighted by Gasteiger charge is 2.05. The highest BCUT2D eigenvalue weighted by Crippen LogP contribution is 2.13. The van der Waals surface area contributed by atoms with Crippen LogP contribution in [-0.4, -0.2) is 19.4 Å². The quantitative estimate of drug-likeness (QED) is 0.655. The third-order valence-corrected chi connectivity index (χ3v) is 1.79. The van der Waals surface area contributed by atoms with Gasteiger partial charge in [0.25, 0.3) is 0 Å². The summed E-state index contributed by atoms with van der Waals surface area (Å²) < 4.78 is 0. The standard InChI is InChI=1S/C9H13N.C2H4O/c1-3-8-5-6-10-7-9(8)4-2;1-2-3/h3-4,10H,1-2,5-7H2;2H,1H3. The van der Waals surface area contributed by atoms with Gasteiger partial charge >= 0.3 is 0 Å².